The molecule has 0 amide bonds. The summed E-state index contributed by atoms with van der Waals surface area (Å²) < 4.78 is 0. The van der Waals surface area contributed by atoms with Crippen molar-refractivity contribution in [2.75, 3.05) is 12.3 Å². The molecule has 2 aliphatic heterocycles. The smallest absolute Gasteiger partial charge is 0.0212 e. The van der Waals surface area contributed by atoms with Gasteiger partial charge in [0.05, 0.1) is 0 Å². The highest BCUT2D eigenvalue weighted by atomic mass is 31.1. The number of hydrogen-bond donors (Lipinski definition) is 0. The quantitative estimate of drug-likeness (QED) is 0.529. The maximum absolute atomic E-state index is 2.39. The van der Waals surface area contributed by atoms with Crippen molar-refractivity contribution in [1.29, 1.82) is 0 Å². The Balaban J connectivity index is 1.97. The molecule has 0 N–H and O–H groups in total. The summed E-state index contributed by atoms with van der Waals surface area (Å²) in [4.78, 5) is 0. The Morgan fingerprint density at radius 2 is 2.18 bits per heavy atom. The largest absolute Gasteiger partial charge is 0.103 e. The summed E-state index contributed by atoms with van der Waals surface area (Å²) in [7, 11) is 0.514. The van der Waals surface area contributed by atoms with Gasteiger partial charge in [-0.15, -0.1) is 7.92 Å². The summed E-state index contributed by atoms with van der Waals surface area (Å²) in [5.74, 6) is 1.16. The first kappa shape index (κ1) is 8.05. The minimum atomic E-state index is 0.514. The van der Waals surface area contributed by atoms with Crippen LogP contribution in [0, 0.1) is 5.92 Å². The van der Waals surface area contributed by atoms with Crippen molar-refractivity contribution < 1.29 is 0 Å². The minimum Gasteiger partial charge on any atom is -0.103 e. The zero-order chi connectivity index (χ0) is 7.68. The average Bonchev–Trinajstić information content (AvgIpc) is 2.06. The second-order valence-corrected chi connectivity index (χ2v) is 6.86. The zero-order valence-corrected chi connectivity index (χ0v) is 8.45. The summed E-state index contributed by atoms with van der Waals surface area (Å²) in [6.07, 6.45) is 11.0. The summed E-state index contributed by atoms with van der Waals surface area (Å²) in [6.45, 7) is 2.39. The number of fused-ring (bicyclic) bond motifs is 2. The van der Waals surface area contributed by atoms with Crippen molar-refractivity contribution in [3.8, 4) is 0 Å². The highest BCUT2D eigenvalue weighted by Crippen LogP contribution is 2.55. The minimum absolute atomic E-state index is 0.514. The van der Waals surface area contributed by atoms with Gasteiger partial charge in [-0.25, -0.2) is 0 Å². The van der Waals surface area contributed by atoms with Crippen molar-refractivity contribution in [3.63, 3.8) is 0 Å². The van der Waals surface area contributed by atoms with E-state index in [0.29, 0.717) is 7.92 Å². The Hall–Kier alpha value is 0.430. The molecule has 2 fully saturated rings. The maximum atomic E-state index is 2.39. The van der Waals surface area contributed by atoms with Gasteiger partial charge < -0.3 is 0 Å². The molecule has 64 valence electrons. The lowest BCUT2D eigenvalue weighted by Gasteiger charge is -2.40. The van der Waals surface area contributed by atoms with E-state index in [9.17, 15) is 0 Å². The topological polar surface area (TPSA) is 0 Å². The fraction of sp³-hybridized carbons (Fsp3) is 1.00. The van der Waals surface area contributed by atoms with E-state index in [1.165, 1.54) is 12.1 Å². The lowest BCUT2D eigenvalue weighted by molar-refractivity contribution is 0.429. The fourth-order valence-corrected chi connectivity index (χ4v) is 6.23. The molecule has 3 atom stereocenters. The van der Waals surface area contributed by atoms with Crippen LogP contribution in [0.25, 0.3) is 0 Å². The fourth-order valence-electron chi connectivity index (χ4n) is 2.74. The van der Waals surface area contributed by atoms with Gasteiger partial charge in [-0.2, -0.15) is 0 Å². The molecule has 0 radical (unpaired) electrons. The number of hydrogen-bond acceptors (Lipinski definition) is 0. The van der Waals surface area contributed by atoms with Gasteiger partial charge in [0.2, 0.25) is 0 Å². The van der Waals surface area contributed by atoms with Crippen LogP contribution in [0.3, 0.4) is 0 Å². The average molecular weight is 170 g/mol. The van der Waals surface area contributed by atoms with Gasteiger partial charge in [0, 0.05) is 0 Å². The second-order valence-electron chi connectivity index (χ2n) is 4.14. The van der Waals surface area contributed by atoms with Crippen LogP contribution in [0.5, 0.6) is 0 Å². The third kappa shape index (κ3) is 1.61. The SMILES string of the molecule is CCC1CCC2CCCP1C2. The van der Waals surface area contributed by atoms with E-state index in [1.807, 2.05) is 0 Å². The van der Waals surface area contributed by atoms with Crippen LogP contribution in [0.15, 0.2) is 0 Å². The zero-order valence-electron chi connectivity index (χ0n) is 7.55. The predicted molar refractivity (Wildman–Crippen MR) is 52.7 cm³/mol. The van der Waals surface area contributed by atoms with Gasteiger partial charge in [-0.3, -0.25) is 0 Å². The molecule has 2 rings (SSSR count). The third-order valence-electron chi connectivity index (χ3n) is 3.45. The van der Waals surface area contributed by atoms with E-state index < -0.39 is 0 Å². The Morgan fingerprint density at radius 1 is 1.27 bits per heavy atom. The normalized spacial score (nSPS) is 43.9. The van der Waals surface area contributed by atoms with Crippen LogP contribution in [-0.2, 0) is 0 Å². The standard InChI is InChI=1S/C10H19P/c1-2-10-6-5-9-4-3-7-11(10)8-9/h9-10H,2-8H2,1H3. The number of rotatable bonds is 1. The molecule has 1 heteroatoms. The van der Waals surface area contributed by atoms with Crippen LogP contribution in [0.2, 0.25) is 0 Å². The van der Waals surface area contributed by atoms with Gasteiger partial charge in [-0.1, -0.05) is 6.92 Å². The Kier molecular flexibility index (Phi) is 2.51. The van der Waals surface area contributed by atoms with Gasteiger partial charge in [-0.05, 0) is 56.0 Å². The molecule has 2 bridgehead atoms. The molecule has 0 aromatic heterocycles. The molecule has 11 heavy (non-hydrogen) atoms. The Morgan fingerprint density at radius 3 is 3.00 bits per heavy atom. The van der Waals surface area contributed by atoms with E-state index in [4.69, 9.17) is 0 Å². The first-order valence-corrected chi connectivity index (χ1v) is 6.92. The highest BCUT2D eigenvalue weighted by molar-refractivity contribution is 7.58. The lowest BCUT2D eigenvalue weighted by Crippen LogP contribution is -2.25. The molecule has 2 heterocycles. The van der Waals surface area contributed by atoms with Gasteiger partial charge >= 0.3 is 0 Å². The Bertz CT molecular complexity index is 133. The van der Waals surface area contributed by atoms with E-state index in [-0.39, 0.29) is 0 Å². The van der Waals surface area contributed by atoms with Crippen molar-refractivity contribution in [2.45, 2.75) is 44.7 Å². The molecule has 3 unspecified atom stereocenters. The molecule has 0 nitrogen and oxygen atoms in total. The van der Waals surface area contributed by atoms with E-state index in [2.05, 4.69) is 6.92 Å². The third-order valence-corrected chi connectivity index (χ3v) is 6.98. The Labute approximate surface area is 71.5 Å². The molecule has 2 aliphatic rings. The molecule has 0 saturated carbocycles. The van der Waals surface area contributed by atoms with Crippen LogP contribution in [0.1, 0.15) is 39.0 Å². The highest BCUT2D eigenvalue weighted by Gasteiger charge is 2.31. The van der Waals surface area contributed by atoms with Crippen molar-refractivity contribution in [3.05, 3.63) is 0 Å². The predicted octanol–water partition coefficient (Wildman–Crippen LogP) is 3.45. The van der Waals surface area contributed by atoms with E-state index in [0.717, 1.165) is 5.92 Å². The molecular weight excluding hydrogens is 151 g/mol. The van der Waals surface area contributed by atoms with Crippen molar-refractivity contribution >= 4 is 7.92 Å². The van der Waals surface area contributed by atoms with Crippen molar-refractivity contribution in [1.82, 2.24) is 0 Å². The van der Waals surface area contributed by atoms with Crippen LogP contribution < -0.4 is 0 Å². The molecule has 0 spiro atoms. The monoisotopic (exact) mass is 170 g/mol. The van der Waals surface area contributed by atoms with E-state index >= 15 is 0 Å². The lowest BCUT2D eigenvalue weighted by atomic mass is 9.97. The van der Waals surface area contributed by atoms with Crippen LogP contribution >= 0.6 is 7.92 Å². The van der Waals surface area contributed by atoms with Crippen molar-refractivity contribution in [2.24, 2.45) is 5.92 Å². The molecular formula is C10H19P. The van der Waals surface area contributed by atoms with E-state index in [1.54, 1.807) is 38.0 Å². The van der Waals surface area contributed by atoms with Gasteiger partial charge in [0.25, 0.3) is 0 Å². The molecule has 0 aromatic rings. The van der Waals surface area contributed by atoms with Gasteiger partial charge in [0.15, 0.2) is 0 Å². The van der Waals surface area contributed by atoms with Crippen LogP contribution in [-0.4, -0.2) is 18.0 Å². The van der Waals surface area contributed by atoms with Gasteiger partial charge in [0.1, 0.15) is 0 Å². The first-order chi connectivity index (χ1) is 5.40. The van der Waals surface area contributed by atoms with Crippen LogP contribution in [0.4, 0.5) is 0 Å². The summed E-state index contributed by atoms with van der Waals surface area (Å²) in [5.41, 5.74) is 1.17. The summed E-state index contributed by atoms with van der Waals surface area (Å²) >= 11 is 0. The molecule has 2 saturated heterocycles. The summed E-state index contributed by atoms with van der Waals surface area (Å²) in [5, 5.41) is 0. The summed E-state index contributed by atoms with van der Waals surface area (Å²) in [6, 6.07) is 0. The molecule has 0 aromatic carbocycles. The first-order valence-electron chi connectivity index (χ1n) is 5.14. The molecule has 0 aliphatic carbocycles. The maximum Gasteiger partial charge on any atom is -0.0212 e. The second kappa shape index (κ2) is 3.44.